The number of rotatable bonds is 6. The molecule has 2 aliphatic rings. The molecule has 2 aromatic rings. The maximum Gasteiger partial charge on any atom is 0.0283 e. The van der Waals surface area contributed by atoms with E-state index in [0.717, 1.165) is 29.7 Å². The van der Waals surface area contributed by atoms with E-state index in [1.165, 1.54) is 87.3 Å². The van der Waals surface area contributed by atoms with Crippen molar-refractivity contribution in [3.8, 4) is 23.7 Å². The fourth-order valence-electron chi connectivity index (χ4n) is 6.30. The number of hydrogen-bond donors (Lipinski definition) is 0. The lowest BCUT2D eigenvalue weighted by atomic mass is 9.76. The number of hydrogen-bond acceptors (Lipinski definition) is 0. The van der Waals surface area contributed by atoms with Crippen molar-refractivity contribution in [2.45, 2.75) is 103 Å². The summed E-state index contributed by atoms with van der Waals surface area (Å²) >= 11 is 0. The molecule has 34 heavy (non-hydrogen) atoms. The minimum atomic E-state index is 0.657. The summed E-state index contributed by atoms with van der Waals surface area (Å²) in [5, 5.41) is 0. The second kappa shape index (κ2) is 12.9. The van der Waals surface area contributed by atoms with E-state index >= 15 is 0 Å². The van der Waals surface area contributed by atoms with E-state index in [1.54, 1.807) is 0 Å². The Labute approximate surface area is 209 Å². The predicted molar refractivity (Wildman–Crippen MR) is 146 cm³/mol. The van der Waals surface area contributed by atoms with Crippen LogP contribution in [0.15, 0.2) is 48.5 Å². The minimum absolute atomic E-state index is 0.657. The normalized spacial score (nSPS) is 24.4. The molecule has 2 saturated carbocycles. The van der Waals surface area contributed by atoms with Crippen molar-refractivity contribution in [1.82, 2.24) is 0 Å². The van der Waals surface area contributed by atoms with Crippen molar-refractivity contribution in [3.05, 3.63) is 70.8 Å². The van der Waals surface area contributed by atoms with Crippen molar-refractivity contribution in [1.29, 1.82) is 0 Å². The monoisotopic (exact) mass is 450 g/mol. The third-order valence-electron chi connectivity index (χ3n) is 8.37. The molecular weight excluding hydrogens is 408 g/mol. The molecule has 0 aromatic heterocycles. The van der Waals surface area contributed by atoms with Gasteiger partial charge in [0.25, 0.3) is 0 Å². The molecule has 0 N–H and O–H groups in total. The lowest BCUT2D eigenvalue weighted by molar-refractivity contribution is 0.308. The summed E-state index contributed by atoms with van der Waals surface area (Å²) in [7, 11) is 0. The average molecular weight is 451 g/mol. The van der Waals surface area contributed by atoms with E-state index in [4.69, 9.17) is 0 Å². The van der Waals surface area contributed by atoms with Crippen LogP contribution in [0.5, 0.6) is 0 Å². The Morgan fingerprint density at radius 1 is 0.706 bits per heavy atom. The van der Waals surface area contributed by atoms with Gasteiger partial charge in [-0.15, -0.1) is 11.8 Å². The van der Waals surface area contributed by atoms with Crippen molar-refractivity contribution in [3.63, 3.8) is 0 Å². The number of benzene rings is 2. The molecule has 2 aliphatic carbocycles. The standard InChI is InChI=1S/C34H42/c1-3-5-6-10-28-17-25-33(26-18-28)34-12-8-7-11-32(34)24-19-29-15-22-31(23-16-29)30-20-13-27(9-4-2)14-21-30/h7-8,11-12,15-16,22-23,27-28,30,33H,4,6,9-10,13-14,17-18,20-21,25-26H2,1-2H3. The first-order valence-corrected chi connectivity index (χ1v) is 13.9. The summed E-state index contributed by atoms with van der Waals surface area (Å²) < 4.78 is 0. The van der Waals surface area contributed by atoms with Gasteiger partial charge in [0, 0.05) is 17.5 Å². The van der Waals surface area contributed by atoms with Gasteiger partial charge in [0.05, 0.1) is 0 Å². The summed E-state index contributed by atoms with van der Waals surface area (Å²) in [4.78, 5) is 0. The minimum Gasteiger partial charge on any atom is -0.107 e. The molecule has 0 atom stereocenters. The zero-order valence-corrected chi connectivity index (χ0v) is 21.4. The molecule has 0 radical (unpaired) electrons. The first-order chi connectivity index (χ1) is 16.8. The van der Waals surface area contributed by atoms with Crippen LogP contribution >= 0.6 is 0 Å². The van der Waals surface area contributed by atoms with Crippen LogP contribution in [0.3, 0.4) is 0 Å². The van der Waals surface area contributed by atoms with Gasteiger partial charge in [0.1, 0.15) is 0 Å². The molecule has 0 heteroatoms. The Morgan fingerprint density at radius 2 is 1.35 bits per heavy atom. The molecule has 4 rings (SSSR count). The summed E-state index contributed by atoms with van der Waals surface area (Å²) in [6, 6.07) is 18.0. The van der Waals surface area contributed by atoms with Crippen molar-refractivity contribution < 1.29 is 0 Å². The van der Waals surface area contributed by atoms with E-state index < -0.39 is 0 Å². The van der Waals surface area contributed by atoms with E-state index in [0.29, 0.717) is 5.92 Å². The second-order valence-electron chi connectivity index (χ2n) is 10.6. The molecule has 0 heterocycles. The molecule has 178 valence electrons. The second-order valence-corrected chi connectivity index (χ2v) is 10.6. The van der Waals surface area contributed by atoms with Crippen LogP contribution in [0.2, 0.25) is 0 Å². The Balaban J connectivity index is 1.36. The highest BCUT2D eigenvalue weighted by Crippen LogP contribution is 2.39. The highest BCUT2D eigenvalue weighted by Gasteiger charge is 2.23. The van der Waals surface area contributed by atoms with Crippen LogP contribution in [0.4, 0.5) is 0 Å². The summed E-state index contributed by atoms with van der Waals surface area (Å²) in [5.74, 6) is 16.5. The zero-order valence-electron chi connectivity index (χ0n) is 21.4. The van der Waals surface area contributed by atoms with Crippen LogP contribution in [0.1, 0.15) is 125 Å². The SMILES string of the molecule is CC#CCCC1CCC(c2ccccc2C#Cc2ccc(C3CCC(CCC)CC3)cc2)CC1. The lowest BCUT2D eigenvalue weighted by Gasteiger charge is -2.29. The Bertz CT molecular complexity index is 1000. The van der Waals surface area contributed by atoms with Crippen LogP contribution in [-0.4, -0.2) is 0 Å². The molecular formula is C34H42. The molecule has 2 fully saturated rings. The fraction of sp³-hybridized carbons (Fsp3) is 0.529. The third kappa shape index (κ3) is 6.80. The van der Waals surface area contributed by atoms with Crippen LogP contribution in [0, 0.1) is 35.5 Å². The average Bonchev–Trinajstić information content (AvgIpc) is 2.89. The molecule has 2 aromatic carbocycles. The van der Waals surface area contributed by atoms with Crippen molar-refractivity contribution in [2.24, 2.45) is 11.8 Å². The van der Waals surface area contributed by atoms with Gasteiger partial charge in [0.2, 0.25) is 0 Å². The molecule has 0 bridgehead atoms. The molecule has 0 spiro atoms. The van der Waals surface area contributed by atoms with E-state index in [-0.39, 0.29) is 0 Å². The van der Waals surface area contributed by atoms with E-state index in [9.17, 15) is 0 Å². The van der Waals surface area contributed by atoms with Gasteiger partial charge >= 0.3 is 0 Å². The van der Waals surface area contributed by atoms with Gasteiger partial charge in [-0.05, 0) is 118 Å². The first-order valence-electron chi connectivity index (χ1n) is 13.9. The summed E-state index contributed by atoms with van der Waals surface area (Å²) in [5.41, 5.74) is 5.34. The van der Waals surface area contributed by atoms with E-state index in [1.807, 2.05) is 6.92 Å². The summed E-state index contributed by atoms with van der Waals surface area (Å²) in [6.45, 7) is 4.27. The molecule has 0 aliphatic heterocycles. The lowest BCUT2D eigenvalue weighted by Crippen LogP contribution is -2.14. The smallest absolute Gasteiger partial charge is 0.0283 e. The highest BCUT2D eigenvalue weighted by atomic mass is 14.3. The van der Waals surface area contributed by atoms with Gasteiger partial charge in [0.15, 0.2) is 0 Å². The van der Waals surface area contributed by atoms with Crippen LogP contribution in [0.25, 0.3) is 0 Å². The fourth-order valence-corrected chi connectivity index (χ4v) is 6.30. The van der Waals surface area contributed by atoms with E-state index in [2.05, 4.69) is 79.1 Å². The Hall–Kier alpha value is -2.44. The Morgan fingerprint density at radius 3 is 2.03 bits per heavy atom. The van der Waals surface area contributed by atoms with Gasteiger partial charge in [-0.25, -0.2) is 0 Å². The van der Waals surface area contributed by atoms with Crippen LogP contribution in [-0.2, 0) is 0 Å². The quantitative estimate of drug-likeness (QED) is 0.385. The van der Waals surface area contributed by atoms with Crippen LogP contribution < -0.4 is 0 Å². The largest absolute Gasteiger partial charge is 0.107 e. The van der Waals surface area contributed by atoms with Gasteiger partial charge < -0.3 is 0 Å². The molecule has 0 amide bonds. The highest BCUT2D eigenvalue weighted by molar-refractivity contribution is 5.48. The maximum atomic E-state index is 3.53. The van der Waals surface area contributed by atoms with Crippen molar-refractivity contribution in [2.75, 3.05) is 0 Å². The van der Waals surface area contributed by atoms with Crippen molar-refractivity contribution >= 4 is 0 Å². The van der Waals surface area contributed by atoms with Gasteiger partial charge in [-0.1, -0.05) is 61.9 Å². The third-order valence-corrected chi connectivity index (χ3v) is 8.37. The molecule has 0 nitrogen and oxygen atoms in total. The van der Waals surface area contributed by atoms with Gasteiger partial charge in [-0.2, -0.15) is 0 Å². The zero-order chi connectivity index (χ0) is 23.6. The molecule has 0 saturated heterocycles. The van der Waals surface area contributed by atoms with Gasteiger partial charge in [-0.3, -0.25) is 0 Å². The first kappa shape index (κ1) is 24.7. The topological polar surface area (TPSA) is 0 Å². The summed E-state index contributed by atoms with van der Waals surface area (Å²) in [6.07, 6.45) is 15.9. The maximum absolute atomic E-state index is 3.53. The predicted octanol–water partition coefficient (Wildman–Crippen LogP) is 9.24. The molecule has 0 unspecified atom stereocenters. The Kier molecular flexibility index (Phi) is 9.34.